The molecule has 1 spiro atoms. The van der Waals surface area contributed by atoms with Gasteiger partial charge in [-0.15, -0.1) is 0 Å². The molecule has 4 bridgehead atoms. The van der Waals surface area contributed by atoms with Gasteiger partial charge in [0, 0.05) is 5.41 Å². The van der Waals surface area contributed by atoms with E-state index in [1.54, 1.807) is 54.4 Å². The lowest BCUT2D eigenvalue weighted by atomic mass is 9.30. The average molecular weight is 290 g/mol. The predicted molar refractivity (Wildman–Crippen MR) is 90.7 cm³/mol. The minimum atomic E-state index is 0.576. The summed E-state index contributed by atoms with van der Waals surface area (Å²) in [5.74, 6) is 3.17. The van der Waals surface area contributed by atoms with Gasteiger partial charge >= 0.3 is 0 Å². The SMILES string of the molecule is CC1=Cc2c(cccc2C23CCC24CC2CC(CC3C2)C4)C1. The highest BCUT2D eigenvalue weighted by molar-refractivity contribution is 5.68. The molecular formula is C22H26. The lowest BCUT2D eigenvalue weighted by molar-refractivity contribution is -0.195. The molecular weight excluding hydrogens is 264 g/mol. The summed E-state index contributed by atoms with van der Waals surface area (Å²) >= 11 is 0. The maximum atomic E-state index is 2.52. The predicted octanol–water partition coefficient (Wildman–Crippen LogP) is 5.50. The molecule has 0 aliphatic heterocycles. The van der Waals surface area contributed by atoms with Gasteiger partial charge in [-0.05, 0) is 98.1 Å². The highest BCUT2D eigenvalue weighted by Gasteiger charge is 2.70. The third-order valence-electron chi connectivity index (χ3n) is 8.44. The average Bonchev–Trinajstić information content (AvgIpc) is 2.85. The maximum Gasteiger partial charge on any atom is 0.00442 e. The number of allylic oxidation sites excluding steroid dienone is 1. The molecule has 1 aromatic rings. The van der Waals surface area contributed by atoms with Gasteiger partial charge in [-0.1, -0.05) is 29.8 Å². The van der Waals surface area contributed by atoms with E-state index in [4.69, 9.17) is 0 Å². The molecule has 22 heavy (non-hydrogen) atoms. The molecule has 6 aliphatic rings. The summed E-state index contributed by atoms with van der Waals surface area (Å²) in [7, 11) is 0. The van der Waals surface area contributed by atoms with Crippen molar-refractivity contribution < 1.29 is 0 Å². The van der Waals surface area contributed by atoms with Crippen molar-refractivity contribution in [1.29, 1.82) is 0 Å². The Hall–Kier alpha value is -1.04. The van der Waals surface area contributed by atoms with Crippen LogP contribution in [0.15, 0.2) is 23.8 Å². The first-order chi connectivity index (χ1) is 10.7. The highest BCUT2D eigenvalue weighted by atomic mass is 14.7. The van der Waals surface area contributed by atoms with Gasteiger partial charge in [-0.25, -0.2) is 0 Å². The minimum absolute atomic E-state index is 0.576. The van der Waals surface area contributed by atoms with Crippen LogP contribution >= 0.6 is 0 Å². The Morgan fingerprint density at radius 1 is 1.00 bits per heavy atom. The Morgan fingerprint density at radius 3 is 2.50 bits per heavy atom. The zero-order valence-corrected chi connectivity index (χ0v) is 13.7. The van der Waals surface area contributed by atoms with Crippen LogP contribution in [0.25, 0.3) is 6.08 Å². The Bertz CT molecular complexity index is 695. The van der Waals surface area contributed by atoms with Crippen LogP contribution in [-0.4, -0.2) is 0 Å². The standard InChI is InChI=1S/C22H26/c1-14-7-17-3-2-4-20(19(17)8-14)22-6-5-21(22)12-15-9-16(13-21)11-18(22)10-15/h2-4,8,15-16,18H,5-7,9-13H2,1H3. The topological polar surface area (TPSA) is 0 Å². The van der Waals surface area contributed by atoms with Crippen molar-refractivity contribution in [2.45, 2.75) is 63.7 Å². The number of rotatable bonds is 1. The van der Waals surface area contributed by atoms with Crippen LogP contribution in [0.2, 0.25) is 0 Å². The minimum Gasteiger partial charge on any atom is -0.0683 e. The van der Waals surface area contributed by atoms with Crippen molar-refractivity contribution in [1.82, 2.24) is 0 Å². The first kappa shape index (κ1) is 12.4. The summed E-state index contributed by atoms with van der Waals surface area (Å²) in [6, 6.07) is 7.27. The van der Waals surface area contributed by atoms with Gasteiger partial charge in [-0.3, -0.25) is 0 Å². The molecule has 0 radical (unpaired) electrons. The number of hydrogen-bond acceptors (Lipinski definition) is 0. The Balaban J connectivity index is 1.58. The number of hydrogen-bond donors (Lipinski definition) is 0. The lowest BCUT2D eigenvalue weighted by Gasteiger charge is -2.74. The second kappa shape index (κ2) is 3.71. The van der Waals surface area contributed by atoms with Crippen LogP contribution in [0, 0.1) is 23.2 Å². The smallest absolute Gasteiger partial charge is 0.00442 e. The van der Waals surface area contributed by atoms with Crippen LogP contribution < -0.4 is 0 Å². The van der Waals surface area contributed by atoms with E-state index in [1.807, 2.05) is 0 Å². The first-order valence-corrected chi connectivity index (χ1v) is 9.50. The maximum absolute atomic E-state index is 2.52. The largest absolute Gasteiger partial charge is 0.0683 e. The van der Waals surface area contributed by atoms with Crippen molar-refractivity contribution >= 4 is 6.08 Å². The van der Waals surface area contributed by atoms with E-state index in [0.717, 1.165) is 17.8 Å². The summed E-state index contributed by atoms with van der Waals surface area (Å²) in [4.78, 5) is 0. The normalized spacial score (nSPS) is 47.0. The van der Waals surface area contributed by atoms with Gasteiger partial charge < -0.3 is 0 Å². The second-order valence-corrected chi connectivity index (χ2v) is 9.34. The molecule has 1 aromatic carbocycles. The zero-order valence-electron chi connectivity index (χ0n) is 13.7. The molecule has 5 saturated carbocycles. The molecule has 114 valence electrons. The lowest BCUT2D eigenvalue weighted by Crippen LogP contribution is -2.68. The summed E-state index contributed by atoms with van der Waals surface area (Å²) in [6.45, 7) is 2.31. The fourth-order valence-corrected chi connectivity index (χ4v) is 8.01. The van der Waals surface area contributed by atoms with E-state index in [1.165, 1.54) is 19.3 Å². The van der Waals surface area contributed by atoms with E-state index in [2.05, 4.69) is 31.2 Å². The second-order valence-electron chi connectivity index (χ2n) is 9.34. The molecule has 3 unspecified atom stereocenters. The Labute approximate surface area is 134 Å². The molecule has 0 nitrogen and oxygen atoms in total. The van der Waals surface area contributed by atoms with Gasteiger partial charge in [0.05, 0.1) is 0 Å². The number of fused-ring (bicyclic) bond motifs is 1. The Kier molecular flexibility index (Phi) is 2.09. The van der Waals surface area contributed by atoms with Crippen molar-refractivity contribution in [3.8, 4) is 0 Å². The Morgan fingerprint density at radius 2 is 1.82 bits per heavy atom. The molecule has 3 atom stereocenters. The molecule has 0 saturated heterocycles. The monoisotopic (exact) mass is 290 g/mol. The first-order valence-electron chi connectivity index (χ1n) is 9.50. The molecule has 0 amide bonds. The van der Waals surface area contributed by atoms with E-state index < -0.39 is 0 Å². The van der Waals surface area contributed by atoms with Gasteiger partial charge in [0.1, 0.15) is 0 Å². The van der Waals surface area contributed by atoms with Crippen molar-refractivity contribution in [3.63, 3.8) is 0 Å². The van der Waals surface area contributed by atoms with Gasteiger partial charge in [-0.2, -0.15) is 0 Å². The van der Waals surface area contributed by atoms with Crippen molar-refractivity contribution in [3.05, 3.63) is 40.5 Å². The van der Waals surface area contributed by atoms with Gasteiger partial charge in [0.2, 0.25) is 0 Å². The molecule has 0 heterocycles. The summed E-state index contributed by atoms with van der Waals surface area (Å²) in [5, 5.41) is 0. The van der Waals surface area contributed by atoms with Gasteiger partial charge in [0.25, 0.3) is 0 Å². The van der Waals surface area contributed by atoms with E-state index in [-0.39, 0.29) is 0 Å². The van der Waals surface area contributed by atoms with Crippen LogP contribution in [0.5, 0.6) is 0 Å². The van der Waals surface area contributed by atoms with Crippen molar-refractivity contribution in [2.24, 2.45) is 23.2 Å². The molecule has 7 rings (SSSR count). The quantitative estimate of drug-likeness (QED) is 0.640. The van der Waals surface area contributed by atoms with Crippen LogP contribution in [-0.2, 0) is 11.8 Å². The summed E-state index contributed by atoms with van der Waals surface area (Å²) in [5.41, 5.74) is 7.88. The zero-order chi connectivity index (χ0) is 14.5. The third-order valence-corrected chi connectivity index (χ3v) is 8.44. The fourth-order valence-electron chi connectivity index (χ4n) is 8.01. The summed E-state index contributed by atoms with van der Waals surface area (Å²) in [6.07, 6.45) is 14.5. The van der Waals surface area contributed by atoms with Gasteiger partial charge in [0.15, 0.2) is 0 Å². The van der Waals surface area contributed by atoms with Crippen molar-refractivity contribution in [2.75, 3.05) is 0 Å². The number of benzene rings is 1. The van der Waals surface area contributed by atoms with E-state index in [0.29, 0.717) is 10.8 Å². The summed E-state index contributed by atoms with van der Waals surface area (Å²) < 4.78 is 0. The molecule has 0 heteroatoms. The molecule has 5 fully saturated rings. The third kappa shape index (κ3) is 1.21. The van der Waals surface area contributed by atoms with Crippen LogP contribution in [0.1, 0.15) is 68.6 Å². The van der Waals surface area contributed by atoms with E-state index >= 15 is 0 Å². The van der Waals surface area contributed by atoms with E-state index in [9.17, 15) is 0 Å². The fraction of sp³-hybridized carbons (Fsp3) is 0.636. The van der Waals surface area contributed by atoms with Crippen LogP contribution in [0.3, 0.4) is 0 Å². The molecule has 0 N–H and O–H groups in total. The molecule has 6 aliphatic carbocycles. The molecule has 0 aromatic heterocycles. The van der Waals surface area contributed by atoms with Crippen LogP contribution in [0.4, 0.5) is 0 Å². The highest BCUT2D eigenvalue weighted by Crippen LogP contribution is 2.77.